The summed E-state index contributed by atoms with van der Waals surface area (Å²) in [5, 5.41) is 2.72. The standard InChI is InChI=1S/C19H18F3N3O/c1-3-11-25(13-18(26)24-14-7-5-4-6-8-14)15-9-10-17(23-2)16(12-15)19(20,21)22/h4-10,12H,3,11,13H2,1H3,(H,24,26). The lowest BCUT2D eigenvalue weighted by molar-refractivity contribution is -0.136. The van der Waals surface area contributed by atoms with E-state index in [1.54, 1.807) is 29.2 Å². The van der Waals surface area contributed by atoms with Crippen LogP contribution in [0.3, 0.4) is 0 Å². The molecule has 2 rings (SSSR count). The summed E-state index contributed by atoms with van der Waals surface area (Å²) in [6.45, 7) is 9.11. The number of anilines is 2. The number of para-hydroxylation sites is 1. The number of rotatable bonds is 6. The molecule has 2 aromatic carbocycles. The van der Waals surface area contributed by atoms with Crippen molar-refractivity contribution in [3.8, 4) is 0 Å². The molecule has 0 fully saturated rings. The number of nitrogens with one attached hydrogen (secondary N) is 1. The third-order valence-electron chi connectivity index (χ3n) is 3.66. The predicted octanol–water partition coefficient (Wildman–Crippen LogP) is 5.11. The normalized spacial score (nSPS) is 10.9. The average molecular weight is 361 g/mol. The van der Waals surface area contributed by atoms with Gasteiger partial charge < -0.3 is 10.2 Å². The van der Waals surface area contributed by atoms with E-state index in [1.165, 1.54) is 6.07 Å². The Morgan fingerprint density at radius 2 is 1.88 bits per heavy atom. The molecule has 4 nitrogen and oxygen atoms in total. The molecule has 0 saturated heterocycles. The van der Waals surface area contributed by atoms with E-state index in [0.29, 0.717) is 18.7 Å². The van der Waals surface area contributed by atoms with E-state index in [1.807, 2.05) is 13.0 Å². The number of carbonyl (C=O) groups excluding carboxylic acids is 1. The monoisotopic (exact) mass is 361 g/mol. The Labute approximate surface area is 150 Å². The summed E-state index contributed by atoms with van der Waals surface area (Å²) < 4.78 is 39.5. The number of halogens is 3. The van der Waals surface area contributed by atoms with Crippen molar-refractivity contribution >= 4 is 23.0 Å². The quantitative estimate of drug-likeness (QED) is 0.726. The Hall–Kier alpha value is -3.01. The van der Waals surface area contributed by atoms with Crippen LogP contribution in [0.25, 0.3) is 4.85 Å². The van der Waals surface area contributed by atoms with Crippen molar-refractivity contribution in [2.45, 2.75) is 19.5 Å². The SMILES string of the molecule is [C-]#[N+]c1ccc(N(CCC)CC(=O)Nc2ccccc2)cc1C(F)(F)F. The fraction of sp³-hybridized carbons (Fsp3) is 0.263. The lowest BCUT2D eigenvalue weighted by Gasteiger charge is -2.25. The molecule has 0 saturated carbocycles. The Balaban J connectivity index is 2.24. The lowest BCUT2D eigenvalue weighted by atomic mass is 10.1. The maximum atomic E-state index is 13.2. The van der Waals surface area contributed by atoms with Crippen molar-refractivity contribution in [3.05, 3.63) is 65.5 Å². The third-order valence-corrected chi connectivity index (χ3v) is 3.66. The van der Waals surface area contributed by atoms with E-state index >= 15 is 0 Å². The molecule has 0 aliphatic carbocycles. The van der Waals surface area contributed by atoms with Gasteiger partial charge in [-0.2, -0.15) is 13.2 Å². The van der Waals surface area contributed by atoms with Crippen LogP contribution < -0.4 is 10.2 Å². The minimum Gasteiger partial charge on any atom is -0.362 e. The number of nitrogens with zero attached hydrogens (tertiary/aromatic N) is 2. The second-order valence-electron chi connectivity index (χ2n) is 5.65. The lowest BCUT2D eigenvalue weighted by Crippen LogP contribution is -2.34. The third kappa shape index (κ3) is 4.99. The topological polar surface area (TPSA) is 36.7 Å². The molecule has 0 bridgehead atoms. The summed E-state index contributed by atoms with van der Waals surface area (Å²) in [6, 6.07) is 12.3. The zero-order chi connectivity index (χ0) is 19.2. The van der Waals surface area contributed by atoms with Gasteiger partial charge in [0.2, 0.25) is 5.91 Å². The highest BCUT2D eigenvalue weighted by atomic mass is 19.4. The molecule has 1 N–H and O–H groups in total. The first-order valence-corrected chi connectivity index (χ1v) is 8.03. The van der Waals surface area contributed by atoms with E-state index in [0.717, 1.165) is 12.1 Å². The number of hydrogen-bond donors (Lipinski definition) is 1. The molecule has 136 valence electrons. The first-order chi connectivity index (χ1) is 12.3. The van der Waals surface area contributed by atoms with Crippen LogP contribution in [0, 0.1) is 6.57 Å². The maximum absolute atomic E-state index is 13.2. The molecule has 0 aromatic heterocycles. The zero-order valence-electron chi connectivity index (χ0n) is 14.2. The minimum atomic E-state index is -4.62. The van der Waals surface area contributed by atoms with E-state index < -0.39 is 17.4 Å². The molecule has 0 unspecified atom stereocenters. The molecule has 0 heterocycles. The van der Waals surface area contributed by atoms with Gasteiger partial charge in [-0.05, 0) is 30.7 Å². The predicted molar refractivity (Wildman–Crippen MR) is 95.3 cm³/mol. The van der Waals surface area contributed by atoms with Crippen LogP contribution in [0.1, 0.15) is 18.9 Å². The molecule has 7 heteroatoms. The van der Waals surface area contributed by atoms with Crippen LogP contribution in [0.4, 0.5) is 30.2 Å². The van der Waals surface area contributed by atoms with Crippen molar-refractivity contribution in [2.75, 3.05) is 23.3 Å². The molecule has 2 aromatic rings. The van der Waals surface area contributed by atoms with Crippen LogP contribution in [-0.2, 0) is 11.0 Å². The Morgan fingerprint density at radius 3 is 2.46 bits per heavy atom. The van der Waals surface area contributed by atoms with Crippen LogP contribution in [-0.4, -0.2) is 19.0 Å². The summed E-state index contributed by atoms with van der Waals surface area (Å²) in [4.78, 5) is 16.8. The van der Waals surface area contributed by atoms with Crippen molar-refractivity contribution in [1.29, 1.82) is 0 Å². The fourth-order valence-electron chi connectivity index (χ4n) is 2.51. The molecule has 0 radical (unpaired) electrons. The number of benzene rings is 2. The van der Waals surface area contributed by atoms with Gasteiger partial charge in [-0.15, -0.1) is 0 Å². The summed E-state index contributed by atoms with van der Waals surface area (Å²) in [6.07, 6.45) is -3.97. The number of carbonyl (C=O) groups is 1. The van der Waals surface area contributed by atoms with Gasteiger partial charge in [0.15, 0.2) is 5.69 Å². The van der Waals surface area contributed by atoms with E-state index in [4.69, 9.17) is 6.57 Å². The van der Waals surface area contributed by atoms with Gasteiger partial charge in [0, 0.05) is 17.9 Å². The van der Waals surface area contributed by atoms with Gasteiger partial charge in [-0.1, -0.05) is 31.2 Å². The molecule has 26 heavy (non-hydrogen) atoms. The molecule has 1 amide bonds. The van der Waals surface area contributed by atoms with Crippen molar-refractivity contribution in [1.82, 2.24) is 0 Å². The summed E-state index contributed by atoms with van der Waals surface area (Å²) in [5.41, 5.74) is -0.566. The largest absolute Gasteiger partial charge is 0.407 e. The van der Waals surface area contributed by atoms with Gasteiger partial charge >= 0.3 is 6.18 Å². The van der Waals surface area contributed by atoms with Crippen molar-refractivity contribution < 1.29 is 18.0 Å². The minimum absolute atomic E-state index is 0.0859. The number of amides is 1. The van der Waals surface area contributed by atoms with Gasteiger partial charge in [-0.3, -0.25) is 4.79 Å². The highest BCUT2D eigenvalue weighted by Gasteiger charge is 2.34. The smallest absolute Gasteiger partial charge is 0.362 e. The van der Waals surface area contributed by atoms with Gasteiger partial charge in [0.05, 0.1) is 18.7 Å². The van der Waals surface area contributed by atoms with Gasteiger partial charge in [0.1, 0.15) is 0 Å². The molecular weight excluding hydrogens is 343 g/mol. The summed E-state index contributed by atoms with van der Waals surface area (Å²) >= 11 is 0. The number of hydrogen-bond acceptors (Lipinski definition) is 2. The highest BCUT2D eigenvalue weighted by Crippen LogP contribution is 2.38. The number of alkyl halides is 3. The Kier molecular flexibility index (Phi) is 6.23. The second kappa shape index (κ2) is 8.39. The Bertz CT molecular complexity index is 798. The summed E-state index contributed by atoms with van der Waals surface area (Å²) in [5.74, 6) is -0.326. The van der Waals surface area contributed by atoms with Crippen molar-refractivity contribution in [3.63, 3.8) is 0 Å². The van der Waals surface area contributed by atoms with Crippen LogP contribution in [0.15, 0.2) is 48.5 Å². The van der Waals surface area contributed by atoms with E-state index in [-0.39, 0.29) is 18.1 Å². The average Bonchev–Trinajstić information content (AvgIpc) is 2.61. The Morgan fingerprint density at radius 1 is 1.19 bits per heavy atom. The molecule has 0 spiro atoms. The first kappa shape index (κ1) is 19.3. The van der Waals surface area contributed by atoms with E-state index in [2.05, 4.69) is 10.2 Å². The van der Waals surface area contributed by atoms with Gasteiger partial charge in [-0.25, -0.2) is 4.85 Å². The molecule has 0 aliphatic heterocycles. The molecule has 0 atom stereocenters. The highest BCUT2D eigenvalue weighted by molar-refractivity contribution is 5.94. The fourth-order valence-corrected chi connectivity index (χ4v) is 2.51. The first-order valence-electron chi connectivity index (χ1n) is 8.03. The van der Waals surface area contributed by atoms with E-state index in [9.17, 15) is 18.0 Å². The van der Waals surface area contributed by atoms with Crippen molar-refractivity contribution in [2.24, 2.45) is 0 Å². The van der Waals surface area contributed by atoms with Gasteiger partial charge in [0.25, 0.3) is 0 Å². The molecule has 0 aliphatic rings. The van der Waals surface area contributed by atoms with Crippen LogP contribution >= 0.6 is 0 Å². The molecular formula is C19H18F3N3O. The maximum Gasteiger partial charge on any atom is 0.407 e. The second-order valence-corrected chi connectivity index (χ2v) is 5.65. The zero-order valence-corrected chi connectivity index (χ0v) is 14.2. The summed E-state index contributed by atoms with van der Waals surface area (Å²) in [7, 11) is 0. The van der Waals surface area contributed by atoms with Crippen LogP contribution in [0.2, 0.25) is 0 Å². The van der Waals surface area contributed by atoms with Crippen LogP contribution in [0.5, 0.6) is 0 Å².